The summed E-state index contributed by atoms with van der Waals surface area (Å²) < 4.78 is 19.4. The molecule has 2 aromatic rings. The number of halogens is 1. The molecule has 0 bridgehead atoms. The van der Waals surface area contributed by atoms with Gasteiger partial charge in [0.1, 0.15) is 12.4 Å². The molecule has 3 rings (SSSR count). The first-order valence-corrected chi connectivity index (χ1v) is 7.22. The maximum atomic E-state index is 5.83. The van der Waals surface area contributed by atoms with Crippen molar-refractivity contribution in [1.82, 2.24) is 9.78 Å². The van der Waals surface area contributed by atoms with Crippen LogP contribution < -0.4 is 14.2 Å². The number of benzene rings is 1. The lowest BCUT2D eigenvalue weighted by Gasteiger charge is -2.09. The third-order valence-corrected chi connectivity index (χ3v) is 4.20. The van der Waals surface area contributed by atoms with Crippen molar-refractivity contribution >= 4 is 15.9 Å². The van der Waals surface area contributed by atoms with Crippen molar-refractivity contribution < 1.29 is 14.2 Å². The molecule has 2 heterocycles. The number of hydrogen-bond acceptors (Lipinski definition) is 4. The topological polar surface area (TPSA) is 45.5 Å². The summed E-state index contributed by atoms with van der Waals surface area (Å²) in [5, 5.41) is 4.44. The predicted octanol–water partition coefficient (Wildman–Crippen LogP) is 3.28. The fraction of sp³-hybridized carbons (Fsp3) is 0.357. The van der Waals surface area contributed by atoms with E-state index in [1.165, 1.54) is 0 Å². The fourth-order valence-electron chi connectivity index (χ4n) is 2.13. The van der Waals surface area contributed by atoms with Crippen molar-refractivity contribution in [2.45, 2.75) is 27.0 Å². The summed E-state index contributed by atoms with van der Waals surface area (Å²) in [4.78, 5) is 0. The lowest BCUT2D eigenvalue weighted by Crippen LogP contribution is -2.06. The van der Waals surface area contributed by atoms with E-state index in [4.69, 9.17) is 14.2 Å². The van der Waals surface area contributed by atoms with Crippen LogP contribution in [-0.4, -0.2) is 16.6 Å². The molecule has 0 saturated carbocycles. The maximum absolute atomic E-state index is 5.83. The summed E-state index contributed by atoms with van der Waals surface area (Å²) in [6, 6.07) is 5.58. The van der Waals surface area contributed by atoms with Gasteiger partial charge in [-0.3, -0.25) is 4.68 Å². The molecule has 0 amide bonds. The van der Waals surface area contributed by atoms with Gasteiger partial charge in [0.25, 0.3) is 0 Å². The second-order valence-electron chi connectivity index (χ2n) is 4.47. The van der Waals surface area contributed by atoms with Crippen LogP contribution in [-0.2, 0) is 13.2 Å². The van der Waals surface area contributed by atoms with Gasteiger partial charge in [0.05, 0.1) is 15.9 Å². The molecule has 1 aliphatic rings. The summed E-state index contributed by atoms with van der Waals surface area (Å²) in [6.07, 6.45) is 0. The summed E-state index contributed by atoms with van der Waals surface area (Å²) >= 11 is 3.56. The lowest BCUT2D eigenvalue weighted by atomic mass is 10.3. The van der Waals surface area contributed by atoms with Gasteiger partial charge in [-0.1, -0.05) is 0 Å². The standard InChI is InChI=1S/C14H15BrN2O3/c1-3-17-11(14(15)9(2)16-17)7-18-10-4-5-12-13(6-10)20-8-19-12/h4-6H,3,7-8H2,1-2H3. The van der Waals surface area contributed by atoms with Crippen molar-refractivity contribution in [3.63, 3.8) is 0 Å². The van der Waals surface area contributed by atoms with Crippen LogP contribution in [0.5, 0.6) is 17.2 Å². The Morgan fingerprint density at radius 3 is 2.95 bits per heavy atom. The molecule has 0 unspecified atom stereocenters. The van der Waals surface area contributed by atoms with Gasteiger partial charge in [0.15, 0.2) is 11.5 Å². The molecule has 20 heavy (non-hydrogen) atoms. The van der Waals surface area contributed by atoms with E-state index in [0.717, 1.165) is 39.7 Å². The highest BCUT2D eigenvalue weighted by atomic mass is 79.9. The number of aryl methyl sites for hydroxylation is 2. The molecule has 1 aliphatic heterocycles. The Hall–Kier alpha value is -1.69. The van der Waals surface area contributed by atoms with E-state index >= 15 is 0 Å². The minimum Gasteiger partial charge on any atom is -0.487 e. The van der Waals surface area contributed by atoms with Crippen LogP contribution in [0.25, 0.3) is 0 Å². The molecule has 0 N–H and O–H groups in total. The Bertz CT molecular complexity index is 640. The molecular formula is C14H15BrN2O3. The minimum atomic E-state index is 0.270. The Morgan fingerprint density at radius 1 is 1.35 bits per heavy atom. The largest absolute Gasteiger partial charge is 0.487 e. The zero-order chi connectivity index (χ0) is 14.1. The predicted molar refractivity (Wildman–Crippen MR) is 77.2 cm³/mol. The number of hydrogen-bond donors (Lipinski definition) is 0. The Labute approximate surface area is 125 Å². The number of nitrogens with zero attached hydrogens (tertiary/aromatic N) is 2. The molecule has 0 atom stereocenters. The van der Waals surface area contributed by atoms with Crippen LogP contribution >= 0.6 is 15.9 Å². The zero-order valence-corrected chi connectivity index (χ0v) is 12.9. The highest BCUT2D eigenvalue weighted by molar-refractivity contribution is 9.10. The van der Waals surface area contributed by atoms with Crippen LogP contribution in [0.3, 0.4) is 0 Å². The van der Waals surface area contributed by atoms with Gasteiger partial charge in [0.2, 0.25) is 6.79 Å². The molecule has 1 aromatic carbocycles. The summed E-state index contributed by atoms with van der Waals surface area (Å²) in [5.74, 6) is 2.23. The van der Waals surface area contributed by atoms with Crippen LogP contribution in [0.4, 0.5) is 0 Å². The molecular weight excluding hydrogens is 324 g/mol. The van der Waals surface area contributed by atoms with Gasteiger partial charge in [0, 0.05) is 12.6 Å². The van der Waals surface area contributed by atoms with Gasteiger partial charge in [-0.05, 0) is 41.9 Å². The van der Waals surface area contributed by atoms with Crippen LogP contribution in [0.1, 0.15) is 18.3 Å². The van der Waals surface area contributed by atoms with Gasteiger partial charge < -0.3 is 14.2 Å². The highest BCUT2D eigenvalue weighted by Gasteiger charge is 2.15. The molecule has 0 radical (unpaired) electrons. The van der Waals surface area contributed by atoms with E-state index in [9.17, 15) is 0 Å². The van der Waals surface area contributed by atoms with Crippen molar-refractivity contribution in [1.29, 1.82) is 0 Å². The lowest BCUT2D eigenvalue weighted by molar-refractivity contribution is 0.173. The van der Waals surface area contributed by atoms with Gasteiger partial charge >= 0.3 is 0 Å². The number of fused-ring (bicyclic) bond motifs is 1. The van der Waals surface area contributed by atoms with E-state index in [1.807, 2.05) is 29.8 Å². The minimum absolute atomic E-state index is 0.270. The third-order valence-electron chi connectivity index (χ3n) is 3.17. The maximum Gasteiger partial charge on any atom is 0.231 e. The van der Waals surface area contributed by atoms with Crippen LogP contribution in [0.2, 0.25) is 0 Å². The smallest absolute Gasteiger partial charge is 0.231 e. The van der Waals surface area contributed by atoms with Gasteiger partial charge in [-0.2, -0.15) is 5.10 Å². The van der Waals surface area contributed by atoms with E-state index < -0.39 is 0 Å². The first kappa shape index (κ1) is 13.3. The number of ether oxygens (including phenoxy) is 3. The van der Waals surface area contributed by atoms with Crippen molar-refractivity contribution in [2.24, 2.45) is 0 Å². The Kier molecular flexibility index (Phi) is 3.56. The first-order chi connectivity index (χ1) is 9.69. The van der Waals surface area contributed by atoms with Crippen molar-refractivity contribution in [3.05, 3.63) is 34.1 Å². The Balaban J connectivity index is 1.77. The molecule has 0 spiro atoms. The second kappa shape index (κ2) is 5.36. The monoisotopic (exact) mass is 338 g/mol. The number of aromatic nitrogens is 2. The Morgan fingerprint density at radius 2 is 2.15 bits per heavy atom. The SMILES string of the molecule is CCn1nc(C)c(Br)c1COc1ccc2c(c1)OCO2. The zero-order valence-electron chi connectivity index (χ0n) is 11.4. The molecule has 0 aliphatic carbocycles. The molecule has 5 nitrogen and oxygen atoms in total. The first-order valence-electron chi connectivity index (χ1n) is 6.43. The average Bonchev–Trinajstić information content (AvgIpc) is 3.02. The summed E-state index contributed by atoms with van der Waals surface area (Å²) in [6.45, 7) is 5.57. The highest BCUT2D eigenvalue weighted by Crippen LogP contribution is 2.35. The van der Waals surface area contributed by atoms with E-state index in [1.54, 1.807) is 0 Å². The van der Waals surface area contributed by atoms with E-state index in [-0.39, 0.29) is 6.79 Å². The fourth-order valence-corrected chi connectivity index (χ4v) is 2.52. The van der Waals surface area contributed by atoms with Crippen LogP contribution in [0, 0.1) is 6.92 Å². The molecule has 0 saturated heterocycles. The quantitative estimate of drug-likeness (QED) is 0.858. The number of rotatable bonds is 4. The van der Waals surface area contributed by atoms with Gasteiger partial charge in [-0.25, -0.2) is 0 Å². The van der Waals surface area contributed by atoms with Crippen molar-refractivity contribution in [3.8, 4) is 17.2 Å². The van der Waals surface area contributed by atoms with E-state index in [2.05, 4.69) is 28.0 Å². The second-order valence-corrected chi connectivity index (χ2v) is 5.26. The van der Waals surface area contributed by atoms with E-state index in [0.29, 0.717) is 6.61 Å². The molecule has 0 fully saturated rings. The van der Waals surface area contributed by atoms with Gasteiger partial charge in [-0.15, -0.1) is 0 Å². The van der Waals surface area contributed by atoms with Crippen molar-refractivity contribution in [2.75, 3.05) is 6.79 Å². The molecule has 1 aromatic heterocycles. The average molecular weight is 339 g/mol. The summed E-state index contributed by atoms with van der Waals surface area (Å²) in [5.41, 5.74) is 2.00. The summed E-state index contributed by atoms with van der Waals surface area (Å²) in [7, 11) is 0. The molecule has 106 valence electrons. The normalized spacial score (nSPS) is 12.8. The third kappa shape index (κ3) is 2.35. The van der Waals surface area contributed by atoms with Crippen LogP contribution in [0.15, 0.2) is 22.7 Å². The molecule has 6 heteroatoms.